The van der Waals surface area contributed by atoms with Crippen LogP contribution in [-0.4, -0.2) is 9.96 Å². The van der Waals surface area contributed by atoms with E-state index in [-0.39, 0.29) is 17.6 Å². The van der Waals surface area contributed by atoms with Gasteiger partial charge in [-0.15, -0.1) is 0 Å². The predicted molar refractivity (Wildman–Crippen MR) is 80.5 cm³/mol. The lowest BCUT2D eigenvalue weighted by atomic mass is 10.0. The zero-order valence-electron chi connectivity index (χ0n) is 11.6. The average Bonchev–Trinajstić information content (AvgIpc) is 2.41. The molecule has 2 unspecified atom stereocenters. The molecule has 0 saturated carbocycles. The van der Waals surface area contributed by atoms with Gasteiger partial charge in [0.25, 0.3) is 0 Å². The third kappa shape index (κ3) is 3.52. The van der Waals surface area contributed by atoms with Crippen molar-refractivity contribution in [2.45, 2.75) is 24.8 Å². The number of rotatable bonds is 4. The Morgan fingerprint density at radius 2 is 1.90 bits per heavy atom. The van der Waals surface area contributed by atoms with Crippen LogP contribution in [0, 0.1) is 19.7 Å². The number of benzene rings is 2. The van der Waals surface area contributed by atoms with Gasteiger partial charge < -0.3 is 5.73 Å². The van der Waals surface area contributed by atoms with Crippen molar-refractivity contribution in [1.82, 2.24) is 0 Å². The fourth-order valence-electron chi connectivity index (χ4n) is 1.96. The Bertz CT molecular complexity index is 642. The fraction of sp³-hybridized carbons (Fsp3) is 0.250. The maximum Gasteiger partial charge on any atom is 0.124 e. The largest absolute Gasteiger partial charge is 0.323 e. The Morgan fingerprint density at radius 1 is 1.15 bits per heavy atom. The van der Waals surface area contributed by atoms with Crippen molar-refractivity contribution in [3.05, 3.63) is 65.0 Å². The summed E-state index contributed by atoms with van der Waals surface area (Å²) in [7, 11) is -1.30. The molecule has 0 bridgehead atoms. The SMILES string of the molecule is Cc1ccc(C(N)CS(=O)c2cccc(F)c2)cc1C. The summed E-state index contributed by atoms with van der Waals surface area (Å²) in [4.78, 5) is 0.476. The van der Waals surface area contributed by atoms with E-state index < -0.39 is 10.8 Å². The number of hydrogen-bond acceptors (Lipinski definition) is 2. The van der Waals surface area contributed by atoms with Crippen LogP contribution in [0.25, 0.3) is 0 Å². The number of nitrogens with two attached hydrogens (primary N) is 1. The van der Waals surface area contributed by atoms with Crippen molar-refractivity contribution in [1.29, 1.82) is 0 Å². The highest BCUT2D eigenvalue weighted by atomic mass is 32.2. The molecule has 2 atom stereocenters. The van der Waals surface area contributed by atoms with Gasteiger partial charge in [-0.1, -0.05) is 24.3 Å². The lowest BCUT2D eigenvalue weighted by Gasteiger charge is -2.13. The number of halogens is 1. The second kappa shape index (κ2) is 6.29. The van der Waals surface area contributed by atoms with Gasteiger partial charge in [0.1, 0.15) is 5.82 Å². The van der Waals surface area contributed by atoms with Gasteiger partial charge in [-0.25, -0.2) is 4.39 Å². The Hall–Kier alpha value is -1.52. The van der Waals surface area contributed by atoms with Crippen LogP contribution >= 0.6 is 0 Å². The molecule has 0 fully saturated rings. The second-order valence-electron chi connectivity index (χ2n) is 4.92. The molecule has 0 aliphatic rings. The minimum absolute atomic E-state index is 0.284. The van der Waals surface area contributed by atoms with Crippen molar-refractivity contribution in [3.63, 3.8) is 0 Å². The van der Waals surface area contributed by atoms with E-state index in [1.165, 1.54) is 17.7 Å². The van der Waals surface area contributed by atoms with Crippen molar-refractivity contribution in [2.24, 2.45) is 5.73 Å². The van der Waals surface area contributed by atoms with E-state index >= 15 is 0 Å². The molecule has 0 spiro atoms. The summed E-state index contributed by atoms with van der Waals surface area (Å²) in [6, 6.07) is 11.5. The Balaban J connectivity index is 2.13. The first-order valence-corrected chi connectivity index (χ1v) is 7.76. The van der Waals surface area contributed by atoms with Crippen LogP contribution in [0.4, 0.5) is 4.39 Å². The van der Waals surface area contributed by atoms with Gasteiger partial charge in [0.15, 0.2) is 0 Å². The molecule has 0 saturated heterocycles. The maximum absolute atomic E-state index is 13.1. The zero-order chi connectivity index (χ0) is 14.7. The number of aryl methyl sites for hydroxylation is 2. The Morgan fingerprint density at radius 3 is 2.55 bits per heavy atom. The van der Waals surface area contributed by atoms with Crippen LogP contribution in [-0.2, 0) is 10.8 Å². The third-order valence-corrected chi connectivity index (χ3v) is 4.79. The summed E-state index contributed by atoms with van der Waals surface area (Å²) in [5.41, 5.74) is 9.42. The van der Waals surface area contributed by atoms with Crippen molar-refractivity contribution >= 4 is 10.8 Å². The molecule has 2 aromatic rings. The molecule has 106 valence electrons. The summed E-state index contributed by atoms with van der Waals surface area (Å²) in [6.07, 6.45) is 0. The monoisotopic (exact) mass is 291 g/mol. The summed E-state index contributed by atoms with van der Waals surface area (Å²) in [5.74, 6) is -0.0954. The van der Waals surface area contributed by atoms with Crippen LogP contribution in [0.3, 0.4) is 0 Å². The van der Waals surface area contributed by atoms with Gasteiger partial charge >= 0.3 is 0 Å². The van der Waals surface area contributed by atoms with Crippen LogP contribution in [0.5, 0.6) is 0 Å². The molecule has 0 aliphatic carbocycles. The molecule has 20 heavy (non-hydrogen) atoms. The maximum atomic E-state index is 13.1. The van der Waals surface area contributed by atoms with E-state index in [2.05, 4.69) is 0 Å². The molecular formula is C16H18FNOS. The van der Waals surface area contributed by atoms with Crippen LogP contribution in [0.2, 0.25) is 0 Å². The van der Waals surface area contributed by atoms with Crippen molar-refractivity contribution in [3.8, 4) is 0 Å². The molecule has 2 nitrogen and oxygen atoms in total. The molecule has 0 amide bonds. The third-order valence-electron chi connectivity index (χ3n) is 3.35. The molecule has 0 radical (unpaired) electrons. The normalized spacial score (nSPS) is 14.0. The van der Waals surface area contributed by atoms with Crippen molar-refractivity contribution in [2.75, 3.05) is 5.75 Å². The van der Waals surface area contributed by atoms with Crippen LogP contribution in [0.15, 0.2) is 47.4 Å². The van der Waals surface area contributed by atoms with Crippen LogP contribution < -0.4 is 5.73 Å². The molecule has 4 heteroatoms. The average molecular weight is 291 g/mol. The predicted octanol–water partition coefficient (Wildman–Crippen LogP) is 3.25. The summed E-state index contributed by atoms with van der Waals surface area (Å²) in [5, 5.41) is 0. The van der Waals surface area contributed by atoms with Gasteiger partial charge in [-0.2, -0.15) is 0 Å². The first-order chi connectivity index (χ1) is 9.47. The van der Waals surface area contributed by atoms with E-state index in [0.717, 1.165) is 11.1 Å². The summed E-state index contributed by atoms with van der Waals surface area (Å²) in [6.45, 7) is 4.06. The smallest absolute Gasteiger partial charge is 0.124 e. The fourth-order valence-corrected chi connectivity index (χ4v) is 3.14. The van der Waals surface area contributed by atoms with E-state index in [0.29, 0.717) is 4.90 Å². The first-order valence-electron chi connectivity index (χ1n) is 6.44. The molecule has 0 aromatic heterocycles. The van der Waals surface area contributed by atoms with Gasteiger partial charge in [0, 0.05) is 16.7 Å². The standard InChI is InChI=1S/C16H18FNOS/c1-11-6-7-13(8-12(11)2)16(18)10-20(19)15-5-3-4-14(17)9-15/h3-9,16H,10,18H2,1-2H3. The molecule has 2 aromatic carbocycles. The first kappa shape index (κ1) is 14.9. The van der Waals surface area contributed by atoms with Gasteiger partial charge in [0.05, 0.1) is 10.8 Å². The lowest BCUT2D eigenvalue weighted by Crippen LogP contribution is -2.18. The quantitative estimate of drug-likeness (QED) is 0.939. The molecule has 0 heterocycles. The summed E-state index contributed by atoms with van der Waals surface area (Å²) < 4.78 is 25.3. The topological polar surface area (TPSA) is 43.1 Å². The lowest BCUT2D eigenvalue weighted by molar-refractivity contribution is 0.622. The molecule has 0 aliphatic heterocycles. The second-order valence-corrected chi connectivity index (χ2v) is 6.42. The highest BCUT2D eigenvalue weighted by Gasteiger charge is 2.13. The number of hydrogen-bond donors (Lipinski definition) is 1. The van der Waals surface area contributed by atoms with E-state index in [4.69, 9.17) is 5.73 Å². The van der Waals surface area contributed by atoms with Gasteiger partial charge in [-0.3, -0.25) is 4.21 Å². The van der Waals surface area contributed by atoms with Gasteiger partial charge in [0.2, 0.25) is 0 Å². The Labute approximate surface area is 121 Å². The molecule has 2 rings (SSSR count). The highest BCUT2D eigenvalue weighted by molar-refractivity contribution is 7.85. The van der Waals surface area contributed by atoms with E-state index in [1.807, 2.05) is 32.0 Å². The van der Waals surface area contributed by atoms with E-state index in [1.54, 1.807) is 12.1 Å². The minimum atomic E-state index is -1.30. The van der Waals surface area contributed by atoms with Crippen molar-refractivity contribution < 1.29 is 8.60 Å². The van der Waals surface area contributed by atoms with Crippen LogP contribution in [0.1, 0.15) is 22.7 Å². The minimum Gasteiger partial charge on any atom is -0.323 e. The van der Waals surface area contributed by atoms with Gasteiger partial charge in [-0.05, 0) is 48.7 Å². The zero-order valence-corrected chi connectivity index (χ0v) is 12.4. The Kier molecular flexibility index (Phi) is 4.68. The highest BCUT2D eigenvalue weighted by Crippen LogP contribution is 2.18. The van der Waals surface area contributed by atoms with E-state index in [9.17, 15) is 8.60 Å². The molecule has 2 N–H and O–H groups in total. The summed E-state index contributed by atoms with van der Waals surface area (Å²) >= 11 is 0. The molecular weight excluding hydrogens is 273 g/mol.